The highest BCUT2D eigenvalue weighted by molar-refractivity contribution is 7.89. The van der Waals surface area contributed by atoms with Crippen LogP contribution in [0, 0.1) is 13.8 Å². The van der Waals surface area contributed by atoms with E-state index in [2.05, 4.69) is 0 Å². The number of benzene rings is 1. The molecule has 2 atom stereocenters. The van der Waals surface area contributed by atoms with Gasteiger partial charge < -0.3 is 10.2 Å². The molecule has 0 saturated carbocycles. The van der Waals surface area contributed by atoms with Crippen molar-refractivity contribution in [3.05, 3.63) is 29.3 Å². The first kappa shape index (κ1) is 15.0. The number of aliphatic hydroxyl groups is 1. The van der Waals surface area contributed by atoms with Crippen LogP contribution in [-0.2, 0) is 14.8 Å². The van der Waals surface area contributed by atoms with Crippen molar-refractivity contribution in [1.29, 1.82) is 0 Å². The Balaban J connectivity index is 2.46. The number of aryl methyl sites for hydroxylation is 2. The van der Waals surface area contributed by atoms with E-state index in [1.54, 1.807) is 19.1 Å². The first-order chi connectivity index (χ1) is 9.23. The molecular weight excluding hydrogens is 282 g/mol. The van der Waals surface area contributed by atoms with Gasteiger partial charge in [-0.3, -0.25) is 4.79 Å². The van der Waals surface area contributed by atoms with Crippen molar-refractivity contribution in [2.45, 2.75) is 37.3 Å². The summed E-state index contributed by atoms with van der Waals surface area (Å²) in [5, 5.41) is 18.7. The molecule has 20 heavy (non-hydrogen) atoms. The van der Waals surface area contributed by atoms with Gasteiger partial charge in [0.25, 0.3) is 0 Å². The second kappa shape index (κ2) is 5.16. The van der Waals surface area contributed by atoms with Gasteiger partial charge in [0.1, 0.15) is 6.04 Å². The first-order valence-electron chi connectivity index (χ1n) is 6.23. The molecule has 1 unspecified atom stereocenters. The maximum absolute atomic E-state index is 12.6. The van der Waals surface area contributed by atoms with Crippen LogP contribution in [0.2, 0.25) is 0 Å². The van der Waals surface area contributed by atoms with E-state index in [1.165, 1.54) is 6.07 Å². The van der Waals surface area contributed by atoms with Crippen LogP contribution in [0.3, 0.4) is 0 Å². The summed E-state index contributed by atoms with van der Waals surface area (Å²) < 4.78 is 26.0. The fourth-order valence-electron chi connectivity index (χ4n) is 2.49. The van der Waals surface area contributed by atoms with Crippen LogP contribution in [0.1, 0.15) is 17.5 Å². The van der Waals surface area contributed by atoms with Gasteiger partial charge >= 0.3 is 5.97 Å². The summed E-state index contributed by atoms with van der Waals surface area (Å²) in [7, 11) is -3.92. The van der Waals surface area contributed by atoms with E-state index in [4.69, 9.17) is 5.11 Å². The third-order valence-electron chi connectivity index (χ3n) is 3.44. The van der Waals surface area contributed by atoms with Crippen LogP contribution in [0.15, 0.2) is 23.1 Å². The van der Waals surface area contributed by atoms with Crippen LogP contribution in [0.25, 0.3) is 0 Å². The molecule has 1 aromatic carbocycles. The van der Waals surface area contributed by atoms with Gasteiger partial charge in [-0.05, 0) is 25.5 Å². The predicted molar refractivity (Wildman–Crippen MR) is 71.9 cm³/mol. The maximum Gasteiger partial charge on any atom is 0.322 e. The molecule has 1 aromatic rings. The third kappa shape index (κ3) is 2.56. The van der Waals surface area contributed by atoms with E-state index in [0.29, 0.717) is 5.56 Å². The molecule has 0 aromatic heterocycles. The third-order valence-corrected chi connectivity index (χ3v) is 5.47. The summed E-state index contributed by atoms with van der Waals surface area (Å²) >= 11 is 0. The second-order valence-electron chi connectivity index (χ2n) is 5.09. The Morgan fingerprint density at radius 1 is 1.35 bits per heavy atom. The van der Waals surface area contributed by atoms with E-state index >= 15 is 0 Å². The molecule has 2 N–H and O–H groups in total. The lowest BCUT2D eigenvalue weighted by atomic mass is 10.2. The highest BCUT2D eigenvalue weighted by Crippen LogP contribution is 2.28. The van der Waals surface area contributed by atoms with Crippen molar-refractivity contribution in [2.24, 2.45) is 0 Å². The van der Waals surface area contributed by atoms with Gasteiger partial charge in [0.05, 0.1) is 11.0 Å². The van der Waals surface area contributed by atoms with Gasteiger partial charge in [-0.2, -0.15) is 4.31 Å². The number of carboxylic acids is 1. The van der Waals surface area contributed by atoms with Gasteiger partial charge in [0, 0.05) is 13.0 Å². The minimum absolute atomic E-state index is 0.0839. The number of hydrogen-bond acceptors (Lipinski definition) is 4. The predicted octanol–water partition coefficient (Wildman–Crippen LogP) is 0.512. The smallest absolute Gasteiger partial charge is 0.322 e. The number of aliphatic carboxylic acids is 1. The summed E-state index contributed by atoms with van der Waals surface area (Å²) in [6, 6.07) is 3.66. The monoisotopic (exact) mass is 299 g/mol. The van der Waals surface area contributed by atoms with E-state index in [9.17, 15) is 18.3 Å². The minimum Gasteiger partial charge on any atom is -0.480 e. The quantitative estimate of drug-likeness (QED) is 0.848. The summed E-state index contributed by atoms with van der Waals surface area (Å²) in [4.78, 5) is 11.2. The number of carboxylic acid groups (broad SMARTS) is 1. The topological polar surface area (TPSA) is 94.9 Å². The number of carbonyl (C=O) groups is 1. The molecule has 1 heterocycles. The maximum atomic E-state index is 12.6. The Morgan fingerprint density at radius 3 is 2.55 bits per heavy atom. The van der Waals surface area contributed by atoms with Crippen molar-refractivity contribution in [3.63, 3.8) is 0 Å². The van der Waals surface area contributed by atoms with Crippen molar-refractivity contribution in [2.75, 3.05) is 6.54 Å². The standard InChI is InChI=1S/C13H17NO5S/c1-8-3-4-12(9(2)5-8)20(18,19)14-7-10(15)6-11(14)13(16)17/h3-5,10-11,15H,6-7H2,1-2H3,(H,16,17)/t10?,11-/m0/s1. The van der Waals surface area contributed by atoms with Gasteiger partial charge in [-0.15, -0.1) is 0 Å². The fraction of sp³-hybridized carbons (Fsp3) is 0.462. The SMILES string of the molecule is Cc1ccc(S(=O)(=O)N2CC(O)C[C@H]2C(=O)O)c(C)c1. The molecule has 0 amide bonds. The average Bonchev–Trinajstić information content (AvgIpc) is 2.71. The highest BCUT2D eigenvalue weighted by Gasteiger charge is 2.43. The second-order valence-corrected chi connectivity index (χ2v) is 6.95. The van der Waals surface area contributed by atoms with Crippen molar-refractivity contribution >= 4 is 16.0 Å². The van der Waals surface area contributed by atoms with Gasteiger partial charge in [0.2, 0.25) is 10.0 Å². The molecular formula is C13H17NO5S. The Bertz CT molecular complexity index is 640. The Morgan fingerprint density at radius 2 is 2.00 bits per heavy atom. The number of rotatable bonds is 3. The van der Waals surface area contributed by atoms with E-state index < -0.39 is 28.1 Å². The molecule has 7 heteroatoms. The number of nitrogens with zero attached hydrogens (tertiary/aromatic N) is 1. The fourth-order valence-corrected chi connectivity index (χ4v) is 4.33. The Labute approximate surface area is 117 Å². The number of β-amino-alcohol motifs (C(OH)–C–C–N with tert-alkyl or cyclic N) is 1. The molecule has 2 rings (SSSR count). The average molecular weight is 299 g/mol. The van der Waals surface area contributed by atoms with E-state index in [-0.39, 0.29) is 17.9 Å². The normalized spacial score (nSPS) is 23.9. The lowest BCUT2D eigenvalue weighted by Gasteiger charge is -2.21. The van der Waals surface area contributed by atoms with Crippen LogP contribution < -0.4 is 0 Å². The number of aliphatic hydroxyl groups excluding tert-OH is 1. The molecule has 1 fully saturated rings. The Hall–Kier alpha value is -1.44. The zero-order valence-corrected chi connectivity index (χ0v) is 12.1. The van der Waals surface area contributed by atoms with E-state index in [1.807, 2.05) is 6.92 Å². The number of sulfonamides is 1. The van der Waals surface area contributed by atoms with Gasteiger partial charge in [-0.1, -0.05) is 17.7 Å². The molecule has 1 aliphatic heterocycles. The van der Waals surface area contributed by atoms with Crippen LogP contribution in [-0.4, -0.2) is 47.6 Å². The zero-order valence-electron chi connectivity index (χ0n) is 11.3. The molecule has 6 nitrogen and oxygen atoms in total. The first-order valence-corrected chi connectivity index (χ1v) is 7.67. The van der Waals surface area contributed by atoms with Crippen LogP contribution in [0.5, 0.6) is 0 Å². The molecule has 0 aliphatic carbocycles. The van der Waals surface area contributed by atoms with Gasteiger partial charge in [0.15, 0.2) is 0 Å². The van der Waals surface area contributed by atoms with Gasteiger partial charge in [-0.25, -0.2) is 8.42 Å². The summed E-state index contributed by atoms with van der Waals surface area (Å²) in [5.74, 6) is -1.24. The number of hydrogen-bond donors (Lipinski definition) is 2. The molecule has 0 radical (unpaired) electrons. The molecule has 110 valence electrons. The summed E-state index contributed by atoms with van der Waals surface area (Å²) in [5.41, 5.74) is 1.49. The lowest BCUT2D eigenvalue weighted by molar-refractivity contribution is -0.140. The van der Waals surface area contributed by atoms with Crippen molar-refractivity contribution in [3.8, 4) is 0 Å². The molecule has 0 spiro atoms. The summed E-state index contributed by atoms with van der Waals surface area (Å²) in [6.45, 7) is 3.33. The van der Waals surface area contributed by atoms with Crippen molar-refractivity contribution < 1.29 is 23.4 Å². The highest BCUT2D eigenvalue weighted by atomic mass is 32.2. The van der Waals surface area contributed by atoms with E-state index in [0.717, 1.165) is 9.87 Å². The minimum atomic E-state index is -3.92. The van der Waals surface area contributed by atoms with Crippen molar-refractivity contribution in [1.82, 2.24) is 4.31 Å². The van der Waals surface area contributed by atoms with Crippen LogP contribution in [0.4, 0.5) is 0 Å². The lowest BCUT2D eigenvalue weighted by Crippen LogP contribution is -2.40. The largest absolute Gasteiger partial charge is 0.480 e. The molecule has 1 saturated heterocycles. The summed E-state index contributed by atoms with van der Waals surface area (Å²) in [6.07, 6.45) is -1.03. The molecule has 1 aliphatic rings. The Kier molecular flexibility index (Phi) is 3.86. The zero-order chi connectivity index (χ0) is 15.1. The molecule has 0 bridgehead atoms. The van der Waals surface area contributed by atoms with Crippen LogP contribution >= 0.6 is 0 Å².